The molecule has 1 aromatic rings. The van der Waals surface area contributed by atoms with Gasteiger partial charge in [-0.2, -0.15) is 0 Å². The van der Waals surface area contributed by atoms with Crippen molar-refractivity contribution in [3.63, 3.8) is 0 Å². The molecule has 1 aliphatic heterocycles. The van der Waals surface area contributed by atoms with Crippen LogP contribution in [0.5, 0.6) is 0 Å². The Bertz CT molecular complexity index is 371. The summed E-state index contributed by atoms with van der Waals surface area (Å²) >= 11 is 0. The van der Waals surface area contributed by atoms with E-state index in [1.54, 1.807) is 0 Å². The second-order valence-electron chi connectivity index (χ2n) is 4.83. The maximum atomic E-state index is 10.7. The minimum absolute atomic E-state index is 0.283. The third kappa shape index (κ3) is 1.12. The molecule has 2 fully saturated rings. The fourth-order valence-electron chi connectivity index (χ4n) is 2.96. The van der Waals surface area contributed by atoms with Gasteiger partial charge in [-0.05, 0) is 31.7 Å². The molecular weight excluding hydrogens is 188 g/mol. The first-order chi connectivity index (χ1) is 7.17. The standard InChI is InChI=1S/C13H16O2/c1-12(14,10-6-3-2-4-7-10)13-9-5-8-11(13)15-13/h2-4,6-7,11,14H,5,8-9H2,1H3/t11-,12?,13+/m0/s1. The molecule has 2 nitrogen and oxygen atoms in total. The van der Waals surface area contributed by atoms with E-state index < -0.39 is 5.60 Å². The Balaban J connectivity index is 1.98. The molecule has 15 heavy (non-hydrogen) atoms. The van der Waals surface area contributed by atoms with Crippen LogP contribution in [-0.4, -0.2) is 16.8 Å². The van der Waals surface area contributed by atoms with Crippen LogP contribution in [0.2, 0.25) is 0 Å². The minimum Gasteiger partial charge on any atom is -0.382 e. The largest absolute Gasteiger partial charge is 0.382 e. The van der Waals surface area contributed by atoms with Crippen molar-refractivity contribution in [3.05, 3.63) is 35.9 Å². The second-order valence-corrected chi connectivity index (χ2v) is 4.83. The molecule has 3 rings (SSSR count). The third-order valence-electron chi connectivity index (χ3n) is 3.99. The topological polar surface area (TPSA) is 32.8 Å². The van der Waals surface area contributed by atoms with Crippen LogP contribution in [0.1, 0.15) is 31.7 Å². The van der Waals surface area contributed by atoms with Crippen LogP contribution in [0.25, 0.3) is 0 Å². The molecular formula is C13H16O2. The highest BCUT2D eigenvalue weighted by Crippen LogP contribution is 2.59. The first-order valence-electron chi connectivity index (χ1n) is 5.62. The first-order valence-corrected chi connectivity index (χ1v) is 5.62. The van der Waals surface area contributed by atoms with Crippen molar-refractivity contribution in [1.29, 1.82) is 0 Å². The number of aliphatic hydroxyl groups is 1. The summed E-state index contributed by atoms with van der Waals surface area (Å²) < 4.78 is 5.71. The van der Waals surface area contributed by atoms with E-state index in [-0.39, 0.29) is 11.7 Å². The molecule has 3 atom stereocenters. The fraction of sp³-hybridized carbons (Fsp3) is 0.538. The molecule has 2 heteroatoms. The van der Waals surface area contributed by atoms with E-state index >= 15 is 0 Å². The van der Waals surface area contributed by atoms with Crippen molar-refractivity contribution in [1.82, 2.24) is 0 Å². The number of benzene rings is 1. The smallest absolute Gasteiger partial charge is 0.127 e. The van der Waals surface area contributed by atoms with Crippen LogP contribution < -0.4 is 0 Å². The van der Waals surface area contributed by atoms with Gasteiger partial charge in [-0.1, -0.05) is 30.3 Å². The van der Waals surface area contributed by atoms with E-state index in [1.807, 2.05) is 37.3 Å². The lowest BCUT2D eigenvalue weighted by Gasteiger charge is -2.30. The molecule has 1 aliphatic carbocycles. The zero-order valence-electron chi connectivity index (χ0n) is 8.94. The van der Waals surface area contributed by atoms with E-state index in [2.05, 4.69) is 0 Å². The maximum Gasteiger partial charge on any atom is 0.127 e. The van der Waals surface area contributed by atoms with Gasteiger partial charge in [0, 0.05) is 0 Å². The number of epoxide rings is 1. The van der Waals surface area contributed by atoms with Crippen molar-refractivity contribution in [3.8, 4) is 0 Å². The van der Waals surface area contributed by atoms with Gasteiger partial charge in [0.25, 0.3) is 0 Å². The summed E-state index contributed by atoms with van der Waals surface area (Å²) in [4.78, 5) is 0. The zero-order valence-corrected chi connectivity index (χ0v) is 8.94. The van der Waals surface area contributed by atoms with Crippen molar-refractivity contribution in [2.24, 2.45) is 0 Å². The van der Waals surface area contributed by atoms with Gasteiger partial charge in [0.1, 0.15) is 11.2 Å². The van der Waals surface area contributed by atoms with Crippen LogP contribution in [-0.2, 0) is 10.3 Å². The van der Waals surface area contributed by atoms with E-state index in [4.69, 9.17) is 4.74 Å². The average molecular weight is 204 g/mol. The Labute approximate surface area is 89.9 Å². The van der Waals surface area contributed by atoms with Gasteiger partial charge in [0.2, 0.25) is 0 Å². The summed E-state index contributed by atoms with van der Waals surface area (Å²) in [6.07, 6.45) is 3.55. The van der Waals surface area contributed by atoms with Crippen molar-refractivity contribution < 1.29 is 9.84 Å². The highest BCUT2D eigenvalue weighted by molar-refractivity contribution is 5.31. The molecule has 0 aromatic heterocycles. The van der Waals surface area contributed by atoms with Gasteiger partial charge < -0.3 is 9.84 Å². The molecule has 0 spiro atoms. The van der Waals surface area contributed by atoms with E-state index in [0.717, 1.165) is 18.4 Å². The number of hydrogen-bond donors (Lipinski definition) is 1. The summed E-state index contributed by atoms with van der Waals surface area (Å²) in [5.41, 5.74) is -0.154. The number of fused-ring (bicyclic) bond motifs is 1. The van der Waals surface area contributed by atoms with E-state index in [1.165, 1.54) is 6.42 Å². The van der Waals surface area contributed by atoms with Gasteiger partial charge in [0.05, 0.1) is 6.10 Å². The van der Waals surface area contributed by atoms with E-state index in [0.29, 0.717) is 0 Å². The van der Waals surface area contributed by atoms with Gasteiger partial charge in [-0.15, -0.1) is 0 Å². The maximum absolute atomic E-state index is 10.7. The Kier molecular flexibility index (Phi) is 1.77. The molecule has 1 saturated carbocycles. The Morgan fingerprint density at radius 1 is 1.40 bits per heavy atom. The summed E-state index contributed by atoms with van der Waals surface area (Å²) in [5.74, 6) is 0. The summed E-state index contributed by atoms with van der Waals surface area (Å²) in [6.45, 7) is 1.88. The molecule has 2 aliphatic rings. The Morgan fingerprint density at radius 3 is 2.67 bits per heavy atom. The Morgan fingerprint density at radius 2 is 2.13 bits per heavy atom. The van der Waals surface area contributed by atoms with Crippen molar-refractivity contribution >= 4 is 0 Å². The molecule has 1 N–H and O–H groups in total. The molecule has 1 unspecified atom stereocenters. The lowest BCUT2D eigenvalue weighted by molar-refractivity contribution is -0.0306. The molecule has 0 radical (unpaired) electrons. The lowest BCUT2D eigenvalue weighted by atomic mass is 9.81. The zero-order chi connectivity index (χ0) is 10.5. The number of hydrogen-bond acceptors (Lipinski definition) is 2. The molecule has 0 amide bonds. The summed E-state index contributed by atoms with van der Waals surface area (Å²) in [5, 5.41) is 10.7. The van der Waals surface area contributed by atoms with Crippen LogP contribution in [0, 0.1) is 0 Å². The average Bonchev–Trinajstić information content (AvgIpc) is 2.84. The van der Waals surface area contributed by atoms with Crippen LogP contribution in [0.15, 0.2) is 30.3 Å². The van der Waals surface area contributed by atoms with E-state index in [9.17, 15) is 5.11 Å². The van der Waals surface area contributed by atoms with Crippen molar-refractivity contribution in [2.45, 2.75) is 43.5 Å². The Hall–Kier alpha value is -0.860. The highest BCUT2D eigenvalue weighted by Gasteiger charge is 2.69. The van der Waals surface area contributed by atoms with Crippen LogP contribution in [0.4, 0.5) is 0 Å². The number of ether oxygens (including phenoxy) is 1. The molecule has 1 saturated heterocycles. The van der Waals surface area contributed by atoms with Crippen LogP contribution in [0.3, 0.4) is 0 Å². The van der Waals surface area contributed by atoms with Crippen LogP contribution >= 0.6 is 0 Å². The van der Waals surface area contributed by atoms with Gasteiger partial charge in [0.15, 0.2) is 0 Å². The number of rotatable bonds is 2. The lowest BCUT2D eigenvalue weighted by Crippen LogP contribution is -2.39. The normalized spacial score (nSPS) is 37.1. The fourth-order valence-corrected chi connectivity index (χ4v) is 2.96. The highest BCUT2D eigenvalue weighted by atomic mass is 16.6. The molecule has 1 heterocycles. The summed E-state index contributed by atoms with van der Waals surface area (Å²) in [7, 11) is 0. The van der Waals surface area contributed by atoms with Gasteiger partial charge in [-0.3, -0.25) is 0 Å². The molecule has 1 aromatic carbocycles. The predicted molar refractivity (Wildman–Crippen MR) is 57.5 cm³/mol. The monoisotopic (exact) mass is 204 g/mol. The first kappa shape index (κ1) is 9.37. The third-order valence-corrected chi connectivity index (χ3v) is 3.99. The molecule has 80 valence electrons. The van der Waals surface area contributed by atoms with Gasteiger partial charge in [-0.25, -0.2) is 0 Å². The quantitative estimate of drug-likeness (QED) is 0.749. The summed E-state index contributed by atoms with van der Waals surface area (Å²) in [6, 6.07) is 9.86. The molecule has 0 bridgehead atoms. The minimum atomic E-state index is -0.838. The van der Waals surface area contributed by atoms with Crippen molar-refractivity contribution in [2.75, 3.05) is 0 Å². The van der Waals surface area contributed by atoms with Gasteiger partial charge >= 0.3 is 0 Å². The predicted octanol–water partition coefficient (Wildman–Crippen LogP) is 2.22. The second kappa shape index (κ2) is 2.83. The SMILES string of the molecule is CC(O)(c1ccccc1)[C@@]12CCC[C@@H]1O2.